The van der Waals surface area contributed by atoms with Crippen LogP contribution in [-0.2, 0) is 0 Å². The maximum Gasteiger partial charge on any atom is 0.128 e. The van der Waals surface area contributed by atoms with Crippen molar-refractivity contribution in [2.75, 3.05) is 0 Å². The fraction of sp³-hybridized carbons (Fsp3) is 0.625. The summed E-state index contributed by atoms with van der Waals surface area (Å²) in [6, 6.07) is 4.44. The first kappa shape index (κ1) is 12.9. The van der Waals surface area contributed by atoms with Crippen molar-refractivity contribution in [3.63, 3.8) is 0 Å². The van der Waals surface area contributed by atoms with Gasteiger partial charge in [0, 0.05) is 18.1 Å². The zero-order chi connectivity index (χ0) is 13.5. The highest BCUT2D eigenvalue weighted by Gasteiger charge is 2.41. The molecule has 1 spiro atoms. The highest BCUT2D eigenvalue weighted by molar-refractivity contribution is 5.38. The second kappa shape index (κ2) is 4.78. The molecule has 3 rings (SSSR count). The second-order valence-electron chi connectivity index (χ2n) is 6.22. The highest BCUT2D eigenvalue weighted by atomic mass is 19.1. The Hall–Kier alpha value is -1.09. The predicted octanol–water partition coefficient (Wildman–Crippen LogP) is 3.98. The zero-order valence-corrected chi connectivity index (χ0v) is 11.4. The van der Waals surface area contributed by atoms with E-state index in [2.05, 4.69) is 6.92 Å². The van der Waals surface area contributed by atoms with E-state index >= 15 is 0 Å². The first-order valence-electron chi connectivity index (χ1n) is 7.24. The van der Waals surface area contributed by atoms with E-state index in [9.17, 15) is 9.50 Å². The molecule has 2 aliphatic rings. The SMILES string of the molecule is CC1CCCC2(CC1)C[C@H](O)c1ccc(F)cc1O2. The molecule has 1 saturated carbocycles. The number of benzene rings is 1. The first-order valence-corrected chi connectivity index (χ1v) is 7.24. The molecule has 1 N–H and O–H groups in total. The Morgan fingerprint density at radius 1 is 1.32 bits per heavy atom. The van der Waals surface area contributed by atoms with Gasteiger partial charge in [-0.1, -0.05) is 13.3 Å². The summed E-state index contributed by atoms with van der Waals surface area (Å²) in [5.41, 5.74) is 0.439. The number of hydrogen-bond acceptors (Lipinski definition) is 2. The van der Waals surface area contributed by atoms with Gasteiger partial charge < -0.3 is 9.84 Å². The predicted molar refractivity (Wildman–Crippen MR) is 71.6 cm³/mol. The topological polar surface area (TPSA) is 29.5 Å². The van der Waals surface area contributed by atoms with E-state index in [-0.39, 0.29) is 11.4 Å². The largest absolute Gasteiger partial charge is 0.487 e. The normalized spacial score (nSPS) is 34.5. The monoisotopic (exact) mass is 264 g/mol. The van der Waals surface area contributed by atoms with Gasteiger partial charge in [0.2, 0.25) is 0 Å². The van der Waals surface area contributed by atoms with Crippen LogP contribution in [0.15, 0.2) is 18.2 Å². The number of aliphatic hydroxyl groups is 1. The Morgan fingerprint density at radius 3 is 3.00 bits per heavy atom. The first-order chi connectivity index (χ1) is 9.08. The van der Waals surface area contributed by atoms with Gasteiger partial charge in [-0.3, -0.25) is 0 Å². The summed E-state index contributed by atoms with van der Waals surface area (Å²) in [7, 11) is 0. The lowest BCUT2D eigenvalue weighted by Gasteiger charge is -2.40. The second-order valence-corrected chi connectivity index (χ2v) is 6.22. The average molecular weight is 264 g/mol. The minimum atomic E-state index is -0.530. The summed E-state index contributed by atoms with van der Waals surface area (Å²) in [5.74, 6) is 0.951. The van der Waals surface area contributed by atoms with Crippen LogP contribution in [0.5, 0.6) is 5.75 Å². The number of ether oxygens (including phenoxy) is 1. The van der Waals surface area contributed by atoms with E-state index < -0.39 is 6.10 Å². The van der Waals surface area contributed by atoms with Crippen LogP contribution in [0.2, 0.25) is 0 Å². The quantitative estimate of drug-likeness (QED) is 0.768. The van der Waals surface area contributed by atoms with E-state index in [0.717, 1.165) is 31.2 Å². The number of rotatable bonds is 0. The van der Waals surface area contributed by atoms with Gasteiger partial charge in [0.1, 0.15) is 17.2 Å². The summed E-state index contributed by atoms with van der Waals surface area (Å²) < 4.78 is 19.5. The molecule has 1 aliphatic heterocycles. The van der Waals surface area contributed by atoms with Crippen molar-refractivity contribution in [1.29, 1.82) is 0 Å². The number of hydrogen-bond donors (Lipinski definition) is 1. The summed E-state index contributed by atoms with van der Waals surface area (Å²) in [5, 5.41) is 10.3. The van der Waals surface area contributed by atoms with Gasteiger partial charge in [0.15, 0.2) is 0 Å². The third-order valence-electron chi connectivity index (χ3n) is 4.65. The molecular formula is C16H21FO2. The number of aliphatic hydroxyl groups excluding tert-OH is 1. The molecule has 1 heterocycles. The Balaban J connectivity index is 1.90. The van der Waals surface area contributed by atoms with Crippen LogP contribution >= 0.6 is 0 Å². The maximum absolute atomic E-state index is 13.4. The third-order valence-corrected chi connectivity index (χ3v) is 4.65. The summed E-state index contributed by atoms with van der Waals surface area (Å²) in [6.07, 6.45) is 5.49. The molecule has 0 amide bonds. The molecule has 1 aliphatic carbocycles. The number of halogens is 1. The molecule has 1 aromatic carbocycles. The lowest BCUT2D eigenvalue weighted by atomic mass is 9.83. The number of fused-ring (bicyclic) bond motifs is 1. The average Bonchev–Trinajstić information content (AvgIpc) is 2.52. The Kier molecular flexibility index (Phi) is 3.25. The summed E-state index contributed by atoms with van der Waals surface area (Å²) >= 11 is 0. The van der Waals surface area contributed by atoms with Crippen molar-refractivity contribution < 1.29 is 14.2 Å². The molecule has 1 aromatic rings. The Bertz CT molecular complexity index is 474. The van der Waals surface area contributed by atoms with Gasteiger partial charge in [-0.05, 0) is 43.7 Å². The van der Waals surface area contributed by atoms with E-state index in [1.165, 1.54) is 18.6 Å². The van der Waals surface area contributed by atoms with Crippen molar-refractivity contribution in [3.05, 3.63) is 29.6 Å². The van der Waals surface area contributed by atoms with Crippen LogP contribution in [-0.4, -0.2) is 10.7 Å². The van der Waals surface area contributed by atoms with Crippen molar-refractivity contribution in [3.8, 4) is 5.75 Å². The fourth-order valence-electron chi connectivity index (χ4n) is 3.47. The van der Waals surface area contributed by atoms with Crippen molar-refractivity contribution >= 4 is 0 Å². The van der Waals surface area contributed by atoms with E-state index in [1.807, 2.05) is 0 Å². The molecule has 3 atom stereocenters. The zero-order valence-electron chi connectivity index (χ0n) is 11.4. The van der Waals surface area contributed by atoms with Gasteiger partial charge in [-0.15, -0.1) is 0 Å². The molecule has 0 bridgehead atoms. The highest BCUT2D eigenvalue weighted by Crippen LogP contribution is 2.46. The van der Waals surface area contributed by atoms with Crippen molar-refractivity contribution in [1.82, 2.24) is 0 Å². The molecule has 3 heteroatoms. The smallest absolute Gasteiger partial charge is 0.128 e. The van der Waals surface area contributed by atoms with E-state index in [1.54, 1.807) is 6.07 Å². The molecule has 19 heavy (non-hydrogen) atoms. The molecule has 2 unspecified atom stereocenters. The molecule has 104 valence electrons. The standard InChI is InChI=1S/C16H21FO2/c1-11-3-2-7-16(8-6-11)10-14(18)13-5-4-12(17)9-15(13)19-16/h4-5,9,11,14,18H,2-3,6-8,10H2,1H3/t11?,14-,16?/m0/s1. The van der Waals surface area contributed by atoms with Gasteiger partial charge in [-0.25, -0.2) is 4.39 Å². The van der Waals surface area contributed by atoms with Gasteiger partial charge in [0.05, 0.1) is 6.10 Å². The summed E-state index contributed by atoms with van der Waals surface area (Å²) in [6.45, 7) is 2.27. The molecular weight excluding hydrogens is 243 g/mol. The van der Waals surface area contributed by atoms with Gasteiger partial charge >= 0.3 is 0 Å². The van der Waals surface area contributed by atoms with Gasteiger partial charge in [0.25, 0.3) is 0 Å². The lowest BCUT2D eigenvalue weighted by Crippen LogP contribution is -2.40. The Morgan fingerprint density at radius 2 is 2.16 bits per heavy atom. The summed E-state index contributed by atoms with van der Waals surface area (Å²) in [4.78, 5) is 0. The molecule has 0 radical (unpaired) electrons. The fourth-order valence-corrected chi connectivity index (χ4v) is 3.47. The van der Waals surface area contributed by atoms with E-state index in [0.29, 0.717) is 18.1 Å². The van der Waals surface area contributed by atoms with E-state index in [4.69, 9.17) is 4.74 Å². The minimum absolute atomic E-state index is 0.287. The lowest BCUT2D eigenvalue weighted by molar-refractivity contribution is -0.0252. The Labute approximate surface area is 113 Å². The van der Waals surface area contributed by atoms with Crippen LogP contribution in [0.1, 0.15) is 57.1 Å². The molecule has 0 saturated heterocycles. The minimum Gasteiger partial charge on any atom is -0.487 e. The van der Waals surface area contributed by atoms with Crippen molar-refractivity contribution in [2.45, 2.75) is 57.2 Å². The van der Waals surface area contributed by atoms with Crippen LogP contribution in [0.25, 0.3) is 0 Å². The van der Waals surface area contributed by atoms with Crippen LogP contribution in [0.3, 0.4) is 0 Å². The molecule has 1 fully saturated rings. The van der Waals surface area contributed by atoms with Crippen molar-refractivity contribution in [2.24, 2.45) is 5.92 Å². The molecule has 0 aromatic heterocycles. The van der Waals surface area contributed by atoms with Crippen LogP contribution < -0.4 is 4.74 Å². The van der Waals surface area contributed by atoms with Crippen LogP contribution in [0.4, 0.5) is 4.39 Å². The third kappa shape index (κ3) is 2.48. The van der Waals surface area contributed by atoms with Crippen LogP contribution in [0, 0.1) is 11.7 Å². The van der Waals surface area contributed by atoms with Gasteiger partial charge in [-0.2, -0.15) is 0 Å². The maximum atomic E-state index is 13.4. The molecule has 2 nitrogen and oxygen atoms in total.